The summed E-state index contributed by atoms with van der Waals surface area (Å²) < 4.78 is 16.1. The standard InChI is InChI=1S/C78H58N2O2/c1-75(2)57-36-37-66-68(52-24-14-18-28-64(52)81-66)67(57)55-42-60-54(41-61(55)75)47-33-30-44(38-58(47)76(60,3)4)79(46-31-34-49-48-22-13-17-27-62(48)80(63(49)40-46)43-20-10-9-11-21-43)45-32-35-51-59(39-45)78(7,8)73-71(51)74-70(53-25-15-19-29-65(53)82-74)69-50-23-12-16-26-56(50)77(5,6)72(69)73/h9-42H,1-8H3. The third-order valence-corrected chi connectivity index (χ3v) is 20.3. The Morgan fingerprint density at radius 2 is 0.854 bits per heavy atom. The summed E-state index contributed by atoms with van der Waals surface area (Å²) in [7, 11) is 0. The highest BCUT2D eigenvalue weighted by Gasteiger charge is 2.49. The van der Waals surface area contributed by atoms with Gasteiger partial charge in [0.15, 0.2) is 0 Å². The smallest absolute Gasteiger partial charge is 0.144 e. The van der Waals surface area contributed by atoms with Crippen LogP contribution in [0.3, 0.4) is 0 Å². The van der Waals surface area contributed by atoms with Gasteiger partial charge >= 0.3 is 0 Å². The lowest BCUT2D eigenvalue weighted by Crippen LogP contribution is -2.24. The van der Waals surface area contributed by atoms with Crippen LogP contribution in [0.4, 0.5) is 17.1 Å². The van der Waals surface area contributed by atoms with Gasteiger partial charge in [0.1, 0.15) is 22.3 Å². The van der Waals surface area contributed by atoms with Crippen molar-refractivity contribution in [3.8, 4) is 50.2 Å². The molecule has 4 aliphatic rings. The van der Waals surface area contributed by atoms with Crippen LogP contribution in [0.5, 0.6) is 0 Å². The maximum absolute atomic E-state index is 7.14. The molecule has 0 fully saturated rings. The first-order chi connectivity index (χ1) is 39.7. The molecule has 0 saturated carbocycles. The monoisotopic (exact) mass is 1050 g/mol. The van der Waals surface area contributed by atoms with Gasteiger partial charge in [-0.2, -0.15) is 0 Å². The van der Waals surface area contributed by atoms with E-state index in [1.807, 2.05) is 0 Å². The molecule has 4 heteroatoms. The van der Waals surface area contributed by atoms with E-state index in [9.17, 15) is 0 Å². The predicted octanol–water partition coefficient (Wildman–Crippen LogP) is 21.3. The summed E-state index contributed by atoms with van der Waals surface area (Å²) in [4.78, 5) is 2.53. The molecule has 0 N–H and O–H groups in total. The van der Waals surface area contributed by atoms with Crippen LogP contribution in [-0.2, 0) is 21.7 Å². The number of benzene rings is 11. The first-order valence-corrected chi connectivity index (χ1v) is 29.2. The molecule has 0 saturated heterocycles. The minimum absolute atomic E-state index is 0.201. The van der Waals surface area contributed by atoms with E-state index in [2.05, 4.69) is 271 Å². The maximum Gasteiger partial charge on any atom is 0.144 e. The van der Waals surface area contributed by atoms with Gasteiger partial charge in [0.2, 0.25) is 0 Å². The highest BCUT2D eigenvalue weighted by molar-refractivity contribution is 6.21. The van der Waals surface area contributed by atoms with E-state index in [1.165, 1.54) is 132 Å². The van der Waals surface area contributed by atoms with Crippen molar-refractivity contribution in [2.45, 2.75) is 77.0 Å². The minimum Gasteiger partial charge on any atom is -0.456 e. The SMILES string of the molecule is CC1(C)c2cc(N(c3ccc4c(c3)C(C)(C)c3c5c(c6c(oc7ccccc76)c3-4)-c3ccccc3C5(C)C)c3ccc4c5ccccc5n(-c5ccccc5)c4c3)ccc2-c2cc3c(cc21)-c1c(ccc2oc4ccccc4c12)C3(C)C. The molecular weight excluding hydrogens is 997 g/mol. The van der Waals surface area contributed by atoms with Crippen LogP contribution in [0.25, 0.3) is 116 Å². The number of rotatable bonds is 4. The summed E-state index contributed by atoms with van der Waals surface area (Å²) in [6.07, 6.45) is 0. The van der Waals surface area contributed by atoms with E-state index in [-0.39, 0.29) is 21.7 Å². The molecule has 82 heavy (non-hydrogen) atoms. The van der Waals surface area contributed by atoms with E-state index in [1.54, 1.807) is 0 Å². The Balaban J connectivity index is 0.861. The molecule has 4 aliphatic carbocycles. The van der Waals surface area contributed by atoms with Crippen LogP contribution < -0.4 is 4.90 Å². The summed E-state index contributed by atoms with van der Waals surface area (Å²) in [5.74, 6) is 0. The fraction of sp³-hybridized carbons (Fsp3) is 0.154. The Labute approximate surface area is 476 Å². The van der Waals surface area contributed by atoms with Crippen molar-refractivity contribution in [1.29, 1.82) is 0 Å². The number of aromatic nitrogens is 1. The normalized spacial score (nSPS) is 16.0. The molecule has 0 unspecified atom stereocenters. The van der Waals surface area contributed by atoms with Crippen LogP contribution in [0.1, 0.15) is 99.9 Å². The molecule has 0 bridgehead atoms. The van der Waals surface area contributed by atoms with Gasteiger partial charge in [-0.25, -0.2) is 0 Å². The van der Waals surface area contributed by atoms with Crippen LogP contribution in [0.2, 0.25) is 0 Å². The summed E-state index contributed by atoms with van der Waals surface area (Å²) in [6, 6.07) is 77.2. The van der Waals surface area contributed by atoms with E-state index < -0.39 is 0 Å². The molecule has 0 atom stereocenters. The van der Waals surface area contributed by atoms with Crippen molar-refractivity contribution in [3.63, 3.8) is 0 Å². The first kappa shape index (κ1) is 46.4. The van der Waals surface area contributed by atoms with Gasteiger partial charge in [-0.05, 0) is 168 Å². The van der Waals surface area contributed by atoms with Crippen molar-refractivity contribution >= 4 is 82.7 Å². The predicted molar refractivity (Wildman–Crippen MR) is 340 cm³/mol. The Morgan fingerprint density at radius 3 is 1.63 bits per heavy atom. The van der Waals surface area contributed by atoms with Gasteiger partial charge in [-0.3, -0.25) is 0 Å². The molecule has 18 rings (SSSR count). The largest absolute Gasteiger partial charge is 0.456 e. The molecule has 3 aromatic heterocycles. The van der Waals surface area contributed by atoms with E-state index in [0.29, 0.717) is 0 Å². The summed E-state index contributed by atoms with van der Waals surface area (Å²) in [6.45, 7) is 19.4. The zero-order valence-corrected chi connectivity index (χ0v) is 47.3. The van der Waals surface area contributed by atoms with Gasteiger partial charge in [0.25, 0.3) is 0 Å². The molecule has 392 valence electrons. The Bertz CT molecular complexity index is 5230. The number of furan rings is 2. The van der Waals surface area contributed by atoms with Crippen LogP contribution in [0.15, 0.2) is 215 Å². The molecule has 0 amide bonds. The fourth-order valence-electron chi connectivity index (χ4n) is 16.5. The van der Waals surface area contributed by atoms with Gasteiger partial charge in [0.05, 0.1) is 11.0 Å². The summed E-state index contributed by atoms with van der Waals surface area (Å²) in [5, 5.41) is 7.25. The van der Waals surface area contributed by atoms with Gasteiger partial charge in [0, 0.05) is 82.3 Å². The maximum atomic E-state index is 7.14. The lowest BCUT2D eigenvalue weighted by Gasteiger charge is -2.32. The van der Waals surface area contributed by atoms with E-state index in [4.69, 9.17) is 8.83 Å². The van der Waals surface area contributed by atoms with Crippen LogP contribution >= 0.6 is 0 Å². The number of fused-ring (bicyclic) bond motifs is 25. The number of nitrogens with zero attached hydrogens (tertiary/aromatic N) is 2. The van der Waals surface area contributed by atoms with E-state index >= 15 is 0 Å². The van der Waals surface area contributed by atoms with Crippen LogP contribution in [0, 0.1) is 0 Å². The van der Waals surface area contributed by atoms with Crippen molar-refractivity contribution in [3.05, 3.63) is 251 Å². The topological polar surface area (TPSA) is 34.5 Å². The Hall–Kier alpha value is -9.38. The first-order valence-electron chi connectivity index (χ1n) is 29.2. The van der Waals surface area contributed by atoms with E-state index in [0.717, 1.165) is 45.1 Å². The number of hydrogen-bond acceptors (Lipinski definition) is 3. The second-order valence-corrected chi connectivity index (χ2v) is 25.9. The van der Waals surface area contributed by atoms with Crippen molar-refractivity contribution in [2.75, 3.05) is 4.90 Å². The molecule has 14 aromatic rings. The average Bonchev–Trinajstić information content (AvgIpc) is 2.61. The second kappa shape index (κ2) is 15.3. The summed E-state index contributed by atoms with van der Waals surface area (Å²) >= 11 is 0. The Kier molecular flexibility index (Phi) is 8.67. The summed E-state index contributed by atoms with van der Waals surface area (Å²) in [5.41, 5.74) is 30.7. The molecule has 0 aliphatic heterocycles. The Morgan fingerprint density at radius 1 is 0.317 bits per heavy atom. The second-order valence-electron chi connectivity index (χ2n) is 25.9. The third-order valence-electron chi connectivity index (χ3n) is 20.3. The molecule has 0 spiro atoms. The molecule has 4 nitrogen and oxygen atoms in total. The molecule has 3 heterocycles. The fourth-order valence-corrected chi connectivity index (χ4v) is 16.5. The lowest BCUT2D eigenvalue weighted by molar-refractivity contribution is 0.600. The molecular formula is C78H58N2O2. The van der Waals surface area contributed by atoms with Crippen molar-refractivity contribution in [2.24, 2.45) is 0 Å². The number of hydrogen-bond donors (Lipinski definition) is 0. The van der Waals surface area contributed by atoms with Crippen LogP contribution in [-0.4, -0.2) is 4.57 Å². The zero-order valence-electron chi connectivity index (χ0n) is 47.3. The highest BCUT2D eigenvalue weighted by atomic mass is 16.3. The minimum atomic E-state index is -0.380. The van der Waals surface area contributed by atoms with Gasteiger partial charge in [-0.15, -0.1) is 0 Å². The van der Waals surface area contributed by atoms with Gasteiger partial charge in [-0.1, -0.05) is 177 Å². The van der Waals surface area contributed by atoms with Crippen molar-refractivity contribution in [1.82, 2.24) is 4.57 Å². The van der Waals surface area contributed by atoms with Crippen molar-refractivity contribution < 1.29 is 8.83 Å². The van der Waals surface area contributed by atoms with Gasteiger partial charge < -0.3 is 18.3 Å². The third kappa shape index (κ3) is 5.63. The molecule has 11 aromatic carbocycles. The average molecular weight is 1060 g/mol. The highest BCUT2D eigenvalue weighted by Crippen LogP contribution is 2.64. The number of anilines is 3. The number of para-hydroxylation sites is 4. The molecule has 0 radical (unpaired) electrons. The lowest BCUT2D eigenvalue weighted by atomic mass is 9.72. The quantitative estimate of drug-likeness (QED) is 0.176. The zero-order chi connectivity index (χ0) is 55.1.